The lowest BCUT2D eigenvalue weighted by Gasteiger charge is -2.41. The van der Waals surface area contributed by atoms with Gasteiger partial charge in [0.25, 0.3) is 0 Å². The minimum atomic E-state index is -0.781. The fourth-order valence-corrected chi connectivity index (χ4v) is 3.19. The molecule has 1 N–H and O–H groups in total. The summed E-state index contributed by atoms with van der Waals surface area (Å²) in [4.78, 5) is 27.8. The van der Waals surface area contributed by atoms with Crippen LogP contribution in [0.3, 0.4) is 0 Å². The molecule has 2 heterocycles. The lowest BCUT2D eigenvalue weighted by molar-refractivity contribution is -0.151. The zero-order chi connectivity index (χ0) is 15.6. The summed E-state index contributed by atoms with van der Waals surface area (Å²) in [5.41, 5.74) is 0.449. The molecule has 1 atom stereocenters. The monoisotopic (exact) mass is 294 g/mol. The van der Waals surface area contributed by atoms with Crippen molar-refractivity contribution in [1.29, 1.82) is 0 Å². The van der Waals surface area contributed by atoms with E-state index in [2.05, 4.69) is 6.08 Å². The third-order valence-corrected chi connectivity index (χ3v) is 4.87. The number of urea groups is 1. The van der Waals surface area contributed by atoms with E-state index in [-0.39, 0.29) is 11.9 Å². The molecule has 2 rings (SSSR count). The molecule has 0 aromatic heterocycles. The highest BCUT2D eigenvalue weighted by Gasteiger charge is 2.40. The molecule has 1 unspecified atom stereocenters. The Kier molecular flexibility index (Phi) is 4.59. The third kappa shape index (κ3) is 3.39. The highest BCUT2D eigenvalue weighted by atomic mass is 16.4. The molecule has 21 heavy (non-hydrogen) atoms. The van der Waals surface area contributed by atoms with E-state index in [1.807, 2.05) is 16.7 Å². The number of likely N-dealkylation sites (tertiary alicyclic amines) is 1. The number of rotatable bonds is 2. The van der Waals surface area contributed by atoms with Crippen molar-refractivity contribution in [3.63, 3.8) is 0 Å². The largest absolute Gasteiger partial charge is 0.481 e. The van der Waals surface area contributed by atoms with Crippen LogP contribution in [0.4, 0.5) is 4.79 Å². The second-order valence-electron chi connectivity index (χ2n) is 6.86. The molecule has 0 aromatic rings. The van der Waals surface area contributed by atoms with Crippen LogP contribution in [0.2, 0.25) is 0 Å². The van der Waals surface area contributed by atoms with Crippen LogP contribution in [0.15, 0.2) is 11.6 Å². The average molecular weight is 294 g/mol. The van der Waals surface area contributed by atoms with Crippen molar-refractivity contribution in [2.45, 2.75) is 40.0 Å². The molecular weight excluding hydrogens is 268 g/mol. The molecule has 0 aromatic carbocycles. The van der Waals surface area contributed by atoms with Gasteiger partial charge >= 0.3 is 12.0 Å². The summed E-state index contributed by atoms with van der Waals surface area (Å²) < 4.78 is 0. The maximum absolute atomic E-state index is 12.6. The van der Waals surface area contributed by atoms with E-state index >= 15 is 0 Å². The smallest absolute Gasteiger partial charge is 0.320 e. The molecule has 1 fully saturated rings. The molecule has 0 spiro atoms. The molecular formula is C16H26N2O3. The summed E-state index contributed by atoms with van der Waals surface area (Å²) >= 11 is 0. The molecule has 5 heteroatoms. The minimum absolute atomic E-state index is 0.0223. The number of hydrogen-bond donors (Lipinski definition) is 1. The predicted molar refractivity (Wildman–Crippen MR) is 81.1 cm³/mol. The summed E-state index contributed by atoms with van der Waals surface area (Å²) in [5, 5.41) is 9.38. The predicted octanol–water partition coefficient (Wildman–Crippen LogP) is 2.58. The molecule has 0 bridgehead atoms. The van der Waals surface area contributed by atoms with E-state index in [9.17, 15) is 14.7 Å². The number of nitrogens with zero attached hydrogens (tertiary/aromatic N) is 2. The van der Waals surface area contributed by atoms with Gasteiger partial charge in [-0.25, -0.2) is 4.79 Å². The Balaban J connectivity index is 2.02. The lowest BCUT2D eigenvalue weighted by atomic mass is 9.74. The first-order chi connectivity index (χ1) is 9.82. The normalized spacial score (nSPS) is 23.8. The van der Waals surface area contributed by atoms with Crippen LogP contribution in [-0.4, -0.2) is 53.1 Å². The van der Waals surface area contributed by atoms with Crippen molar-refractivity contribution in [2.75, 3.05) is 26.2 Å². The first-order valence-electron chi connectivity index (χ1n) is 7.75. The van der Waals surface area contributed by atoms with Crippen LogP contribution in [0.1, 0.15) is 40.0 Å². The van der Waals surface area contributed by atoms with Crippen molar-refractivity contribution in [2.24, 2.45) is 11.3 Å². The zero-order valence-electron chi connectivity index (χ0n) is 13.3. The Morgan fingerprint density at radius 2 is 2.00 bits per heavy atom. The summed E-state index contributed by atoms with van der Waals surface area (Å²) in [6.45, 7) is 8.33. The van der Waals surface area contributed by atoms with Crippen LogP contribution in [0, 0.1) is 11.3 Å². The third-order valence-electron chi connectivity index (χ3n) is 4.87. The van der Waals surface area contributed by atoms with Gasteiger partial charge in [0, 0.05) is 26.2 Å². The van der Waals surface area contributed by atoms with Crippen LogP contribution in [0.5, 0.6) is 0 Å². The summed E-state index contributed by atoms with van der Waals surface area (Å²) in [7, 11) is 0. The van der Waals surface area contributed by atoms with Gasteiger partial charge in [-0.2, -0.15) is 0 Å². The summed E-state index contributed by atoms with van der Waals surface area (Å²) in [6, 6.07) is 0.0633. The quantitative estimate of drug-likeness (QED) is 0.796. The zero-order valence-corrected chi connectivity index (χ0v) is 13.3. The molecule has 2 aliphatic rings. The first-order valence-corrected chi connectivity index (χ1v) is 7.75. The SMILES string of the molecule is CC1=CCCN(C(=O)N2CCCC(C(C)(C)C(=O)O)C2)C1. The summed E-state index contributed by atoms with van der Waals surface area (Å²) in [6.07, 6.45) is 4.85. The van der Waals surface area contributed by atoms with Gasteiger partial charge in [-0.15, -0.1) is 0 Å². The number of carboxylic acid groups (broad SMARTS) is 1. The standard InChI is InChI=1S/C16H26N2O3/c1-12-6-4-8-17(10-12)15(21)18-9-5-7-13(11-18)16(2,3)14(19)20/h6,13H,4-5,7-11H2,1-3H3,(H,19,20). The fourth-order valence-electron chi connectivity index (χ4n) is 3.19. The highest BCUT2D eigenvalue weighted by Crippen LogP contribution is 2.34. The number of carbonyl (C=O) groups excluding carboxylic acids is 1. The Morgan fingerprint density at radius 3 is 2.62 bits per heavy atom. The molecule has 0 aliphatic carbocycles. The maximum Gasteiger partial charge on any atom is 0.320 e. The molecule has 0 saturated carbocycles. The number of hydrogen-bond acceptors (Lipinski definition) is 2. The van der Waals surface area contributed by atoms with Crippen molar-refractivity contribution in [3.8, 4) is 0 Å². The van der Waals surface area contributed by atoms with Crippen molar-refractivity contribution >= 4 is 12.0 Å². The van der Waals surface area contributed by atoms with Crippen LogP contribution < -0.4 is 0 Å². The lowest BCUT2D eigenvalue weighted by Crippen LogP contribution is -2.52. The highest BCUT2D eigenvalue weighted by molar-refractivity contribution is 5.76. The van der Waals surface area contributed by atoms with E-state index in [1.54, 1.807) is 13.8 Å². The van der Waals surface area contributed by atoms with Crippen molar-refractivity contribution in [1.82, 2.24) is 9.80 Å². The molecule has 2 aliphatic heterocycles. The van der Waals surface area contributed by atoms with Gasteiger partial charge in [0.1, 0.15) is 0 Å². The van der Waals surface area contributed by atoms with Gasteiger partial charge in [-0.3, -0.25) is 4.79 Å². The van der Waals surface area contributed by atoms with E-state index in [0.717, 1.165) is 32.4 Å². The van der Waals surface area contributed by atoms with Gasteiger partial charge in [0.05, 0.1) is 5.41 Å². The van der Waals surface area contributed by atoms with Crippen LogP contribution >= 0.6 is 0 Å². The Bertz CT molecular complexity index is 456. The van der Waals surface area contributed by atoms with Crippen molar-refractivity contribution < 1.29 is 14.7 Å². The Hall–Kier alpha value is -1.52. The molecule has 0 radical (unpaired) electrons. The number of piperidine rings is 1. The second kappa shape index (κ2) is 6.08. The van der Waals surface area contributed by atoms with Gasteiger partial charge < -0.3 is 14.9 Å². The van der Waals surface area contributed by atoms with E-state index < -0.39 is 11.4 Å². The number of carboxylic acids is 1. The molecule has 1 saturated heterocycles. The Morgan fingerprint density at radius 1 is 1.29 bits per heavy atom. The number of aliphatic carboxylic acids is 1. The summed E-state index contributed by atoms with van der Waals surface area (Å²) in [5.74, 6) is -0.757. The van der Waals surface area contributed by atoms with E-state index in [0.29, 0.717) is 13.1 Å². The van der Waals surface area contributed by atoms with E-state index in [1.165, 1.54) is 5.57 Å². The fraction of sp³-hybridized carbons (Fsp3) is 0.750. The van der Waals surface area contributed by atoms with Gasteiger partial charge in [0.15, 0.2) is 0 Å². The molecule has 2 amide bonds. The minimum Gasteiger partial charge on any atom is -0.481 e. The van der Waals surface area contributed by atoms with Gasteiger partial charge in [-0.05, 0) is 46.0 Å². The first kappa shape index (κ1) is 15.9. The molecule has 118 valence electrons. The van der Waals surface area contributed by atoms with Gasteiger partial charge in [-0.1, -0.05) is 11.6 Å². The van der Waals surface area contributed by atoms with E-state index in [4.69, 9.17) is 0 Å². The Labute approximate surface area is 126 Å². The van der Waals surface area contributed by atoms with Crippen LogP contribution in [-0.2, 0) is 4.79 Å². The van der Waals surface area contributed by atoms with Gasteiger partial charge in [0.2, 0.25) is 0 Å². The number of amides is 2. The average Bonchev–Trinajstić information content (AvgIpc) is 2.46. The topological polar surface area (TPSA) is 60.9 Å². The van der Waals surface area contributed by atoms with Crippen molar-refractivity contribution in [3.05, 3.63) is 11.6 Å². The van der Waals surface area contributed by atoms with Crippen LogP contribution in [0.25, 0.3) is 0 Å². The second-order valence-corrected chi connectivity index (χ2v) is 6.86. The maximum atomic E-state index is 12.6. The number of carbonyl (C=O) groups is 2. The molecule has 5 nitrogen and oxygen atoms in total.